The molecule has 2 aromatic carbocycles. The lowest BCUT2D eigenvalue weighted by Crippen LogP contribution is -2.14. The number of anilines is 1. The third kappa shape index (κ3) is 4.11. The van der Waals surface area contributed by atoms with Crippen LogP contribution in [0.1, 0.15) is 0 Å². The molecule has 1 amide bonds. The van der Waals surface area contributed by atoms with Gasteiger partial charge in [0.2, 0.25) is 5.91 Å². The Balaban J connectivity index is 1.52. The van der Waals surface area contributed by atoms with Crippen molar-refractivity contribution in [2.24, 2.45) is 0 Å². The van der Waals surface area contributed by atoms with E-state index in [2.05, 4.69) is 20.4 Å². The SMILES string of the molecule is O=C(CSc1ncnc2c1cnn2-c1cccc(Cl)c1)Nc1cccc(Cl)c1. The number of thioether (sulfide) groups is 1. The molecule has 0 bridgehead atoms. The highest BCUT2D eigenvalue weighted by molar-refractivity contribution is 8.00. The molecule has 0 unspecified atom stereocenters. The first-order chi connectivity index (χ1) is 13.6. The summed E-state index contributed by atoms with van der Waals surface area (Å²) in [7, 11) is 0. The van der Waals surface area contributed by atoms with Gasteiger partial charge in [0.25, 0.3) is 0 Å². The molecular formula is C19H13Cl2N5OS. The first-order valence-electron chi connectivity index (χ1n) is 8.23. The van der Waals surface area contributed by atoms with Crippen LogP contribution in [0.2, 0.25) is 10.0 Å². The summed E-state index contributed by atoms with van der Waals surface area (Å²) in [6.07, 6.45) is 3.15. The van der Waals surface area contributed by atoms with Gasteiger partial charge in [-0.15, -0.1) is 0 Å². The van der Waals surface area contributed by atoms with Crippen molar-refractivity contribution in [1.82, 2.24) is 19.7 Å². The molecule has 0 fully saturated rings. The molecule has 4 aromatic rings. The topological polar surface area (TPSA) is 72.7 Å². The maximum Gasteiger partial charge on any atom is 0.234 e. The first-order valence-corrected chi connectivity index (χ1v) is 9.97. The summed E-state index contributed by atoms with van der Waals surface area (Å²) in [5, 5.41) is 9.84. The van der Waals surface area contributed by atoms with Gasteiger partial charge in [0.1, 0.15) is 11.4 Å². The van der Waals surface area contributed by atoms with Crippen molar-refractivity contribution >= 4 is 57.6 Å². The summed E-state index contributed by atoms with van der Waals surface area (Å²) in [5.41, 5.74) is 2.10. The van der Waals surface area contributed by atoms with Crippen molar-refractivity contribution < 1.29 is 4.79 Å². The van der Waals surface area contributed by atoms with Crippen LogP contribution in [0, 0.1) is 0 Å². The average molecular weight is 430 g/mol. The van der Waals surface area contributed by atoms with Gasteiger partial charge in [-0.25, -0.2) is 14.6 Å². The molecule has 0 saturated heterocycles. The fourth-order valence-electron chi connectivity index (χ4n) is 2.63. The monoisotopic (exact) mass is 429 g/mol. The summed E-state index contributed by atoms with van der Waals surface area (Å²) in [6.45, 7) is 0. The van der Waals surface area contributed by atoms with E-state index in [1.54, 1.807) is 47.3 Å². The average Bonchev–Trinajstić information content (AvgIpc) is 3.11. The molecule has 0 saturated carbocycles. The van der Waals surface area contributed by atoms with Crippen molar-refractivity contribution in [2.45, 2.75) is 5.03 Å². The summed E-state index contributed by atoms with van der Waals surface area (Å²) in [5.74, 6) is 0.0438. The van der Waals surface area contributed by atoms with Crippen LogP contribution >= 0.6 is 35.0 Å². The van der Waals surface area contributed by atoms with Gasteiger partial charge in [-0.1, -0.05) is 47.1 Å². The lowest BCUT2D eigenvalue weighted by Gasteiger charge is -2.06. The van der Waals surface area contributed by atoms with Crippen molar-refractivity contribution in [2.75, 3.05) is 11.1 Å². The van der Waals surface area contributed by atoms with Gasteiger partial charge in [-0.05, 0) is 36.4 Å². The van der Waals surface area contributed by atoms with Crippen molar-refractivity contribution in [3.8, 4) is 5.69 Å². The number of benzene rings is 2. The van der Waals surface area contributed by atoms with Crippen LogP contribution in [0.15, 0.2) is 66.1 Å². The van der Waals surface area contributed by atoms with Crippen LogP contribution < -0.4 is 5.32 Å². The number of nitrogens with one attached hydrogen (secondary N) is 1. The zero-order valence-electron chi connectivity index (χ0n) is 14.3. The number of carbonyl (C=O) groups excluding carboxylic acids is 1. The number of hydrogen-bond donors (Lipinski definition) is 1. The molecule has 0 aliphatic rings. The van der Waals surface area contributed by atoms with Gasteiger partial charge in [0.05, 0.1) is 23.0 Å². The third-order valence-corrected chi connectivity index (χ3v) is 5.31. The molecule has 9 heteroatoms. The number of halogens is 2. The molecular weight excluding hydrogens is 417 g/mol. The number of hydrogen-bond acceptors (Lipinski definition) is 5. The number of carbonyl (C=O) groups is 1. The minimum Gasteiger partial charge on any atom is -0.325 e. The third-order valence-electron chi connectivity index (χ3n) is 3.83. The standard InChI is InChI=1S/C19H13Cl2N5OS/c20-12-3-1-5-14(7-12)25-17(27)10-28-19-16-9-24-26(18(16)22-11-23-19)15-6-2-4-13(21)8-15/h1-9,11H,10H2,(H,25,27). The Kier molecular flexibility index (Phi) is 5.47. The highest BCUT2D eigenvalue weighted by Crippen LogP contribution is 2.26. The predicted molar refractivity (Wildman–Crippen MR) is 112 cm³/mol. The van der Waals surface area contributed by atoms with Gasteiger partial charge in [-0.2, -0.15) is 5.10 Å². The van der Waals surface area contributed by atoms with E-state index in [4.69, 9.17) is 23.2 Å². The van der Waals surface area contributed by atoms with Crippen molar-refractivity contribution in [1.29, 1.82) is 0 Å². The minimum atomic E-state index is -0.152. The molecule has 140 valence electrons. The molecule has 0 atom stereocenters. The fourth-order valence-corrected chi connectivity index (χ4v) is 3.77. The van der Waals surface area contributed by atoms with Gasteiger partial charge < -0.3 is 5.32 Å². The highest BCUT2D eigenvalue weighted by Gasteiger charge is 2.13. The summed E-state index contributed by atoms with van der Waals surface area (Å²) in [6, 6.07) is 14.4. The Bertz CT molecular complexity index is 1160. The Morgan fingerprint density at radius 1 is 1.07 bits per heavy atom. The smallest absolute Gasteiger partial charge is 0.234 e. The van der Waals surface area contributed by atoms with E-state index >= 15 is 0 Å². The number of rotatable bonds is 5. The summed E-state index contributed by atoms with van der Waals surface area (Å²) >= 11 is 13.3. The lowest BCUT2D eigenvalue weighted by atomic mass is 10.3. The highest BCUT2D eigenvalue weighted by atomic mass is 35.5. The number of nitrogens with zero attached hydrogens (tertiary/aromatic N) is 4. The normalized spacial score (nSPS) is 10.9. The number of fused-ring (bicyclic) bond motifs is 1. The summed E-state index contributed by atoms with van der Waals surface area (Å²) < 4.78 is 1.69. The molecule has 6 nitrogen and oxygen atoms in total. The van der Waals surface area contributed by atoms with E-state index in [1.165, 1.54) is 18.1 Å². The maximum absolute atomic E-state index is 12.2. The van der Waals surface area contributed by atoms with Crippen LogP contribution in [0.25, 0.3) is 16.7 Å². The quantitative estimate of drug-likeness (QED) is 0.362. The second-order valence-electron chi connectivity index (χ2n) is 5.80. The Morgan fingerprint density at radius 2 is 1.86 bits per heavy atom. The van der Waals surface area contributed by atoms with E-state index in [0.29, 0.717) is 26.4 Å². The van der Waals surface area contributed by atoms with Gasteiger partial charge in [0.15, 0.2) is 5.65 Å². The van der Waals surface area contributed by atoms with Crippen LogP contribution in [0.3, 0.4) is 0 Å². The minimum absolute atomic E-state index is 0.152. The summed E-state index contributed by atoms with van der Waals surface area (Å²) in [4.78, 5) is 20.9. The largest absolute Gasteiger partial charge is 0.325 e. The van der Waals surface area contributed by atoms with Crippen LogP contribution in [-0.4, -0.2) is 31.4 Å². The zero-order chi connectivity index (χ0) is 19.5. The van der Waals surface area contributed by atoms with Crippen LogP contribution in [0.5, 0.6) is 0 Å². The van der Waals surface area contributed by atoms with Gasteiger partial charge in [-0.3, -0.25) is 4.79 Å². The molecule has 2 aromatic heterocycles. The van der Waals surface area contributed by atoms with E-state index in [9.17, 15) is 4.79 Å². The lowest BCUT2D eigenvalue weighted by molar-refractivity contribution is -0.113. The first kappa shape index (κ1) is 18.7. The molecule has 0 radical (unpaired) electrons. The van der Waals surface area contributed by atoms with Crippen molar-refractivity contribution in [3.05, 3.63) is 71.1 Å². The van der Waals surface area contributed by atoms with Crippen molar-refractivity contribution in [3.63, 3.8) is 0 Å². The van der Waals surface area contributed by atoms with Crippen LogP contribution in [0.4, 0.5) is 5.69 Å². The Hall–Kier alpha value is -2.61. The fraction of sp³-hybridized carbons (Fsp3) is 0.0526. The molecule has 28 heavy (non-hydrogen) atoms. The Morgan fingerprint density at radius 3 is 2.64 bits per heavy atom. The number of amides is 1. The van der Waals surface area contributed by atoms with Gasteiger partial charge >= 0.3 is 0 Å². The van der Waals surface area contributed by atoms with E-state index in [1.807, 2.05) is 12.1 Å². The number of aromatic nitrogens is 4. The molecule has 0 aliphatic carbocycles. The Labute approximate surface area is 174 Å². The molecule has 4 rings (SSSR count). The van der Waals surface area contributed by atoms with Crippen LogP contribution in [-0.2, 0) is 4.79 Å². The second-order valence-corrected chi connectivity index (χ2v) is 7.64. The second kappa shape index (κ2) is 8.18. The van der Waals surface area contributed by atoms with Gasteiger partial charge in [0, 0.05) is 15.7 Å². The molecule has 0 spiro atoms. The molecule has 2 heterocycles. The van der Waals surface area contributed by atoms with E-state index in [-0.39, 0.29) is 11.7 Å². The van der Waals surface area contributed by atoms with E-state index in [0.717, 1.165) is 11.1 Å². The maximum atomic E-state index is 12.2. The zero-order valence-corrected chi connectivity index (χ0v) is 16.7. The molecule has 0 aliphatic heterocycles. The predicted octanol–water partition coefficient (Wildman–Crippen LogP) is 4.85. The van der Waals surface area contributed by atoms with E-state index < -0.39 is 0 Å². The molecule has 1 N–H and O–H groups in total.